The summed E-state index contributed by atoms with van der Waals surface area (Å²) >= 11 is 0. The highest BCUT2D eigenvalue weighted by molar-refractivity contribution is 5.78. The van der Waals surface area contributed by atoms with Crippen molar-refractivity contribution < 1.29 is 9.32 Å². The molecule has 0 bridgehead atoms. The summed E-state index contributed by atoms with van der Waals surface area (Å²) in [7, 11) is 0. The molecule has 3 rings (SSSR count). The lowest BCUT2D eigenvalue weighted by Crippen LogP contribution is -2.49. The van der Waals surface area contributed by atoms with Crippen molar-refractivity contribution in [3.05, 3.63) is 35.7 Å². The molecular weight excluding hydrogens is 366 g/mol. The van der Waals surface area contributed by atoms with Crippen molar-refractivity contribution in [1.82, 2.24) is 24.8 Å². The number of hydrogen-bond acceptors (Lipinski definition) is 6. The predicted octanol–water partition coefficient (Wildman–Crippen LogP) is 2.85. The summed E-state index contributed by atoms with van der Waals surface area (Å²) in [6.45, 7) is 14.7. The van der Waals surface area contributed by atoms with Gasteiger partial charge in [0, 0.05) is 44.8 Å². The SMILES string of the molecule is CCN(CC)C(=O)CN1CCN(Cc2nc(-c3ccc(C(C)C)cc3)no2)CC1. The molecule has 1 fully saturated rings. The molecular formula is C22H33N5O2. The van der Waals surface area contributed by atoms with Crippen molar-refractivity contribution in [3.8, 4) is 11.4 Å². The van der Waals surface area contributed by atoms with Gasteiger partial charge in [-0.25, -0.2) is 0 Å². The fraction of sp³-hybridized carbons (Fsp3) is 0.591. The van der Waals surface area contributed by atoms with Gasteiger partial charge in [0.2, 0.25) is 17.6 Å². The van der Waals surface area contributed by atoms with Gasteiger partial charge in [-0.2, -0.15) is 4.98 Å². The van der Waals surface area contributed by atoms with E-state index in [1.165, 1.54) is 5.56 Å². The Morgan fingerprint density at radius 1 is 1.07 bits per heavy atom. The van der Waals surface area contributed by atoms with Crippen LogP contribution < -0.4 is 0 Å². The largest absolute Gasteiger partial charge is 0.342 e. The number of amides is 1. The number of aromatic nitrogens is 2. The molecule has 0 radical (unpaired) electrons. The van der Waals surface area contributed by atoms with Crippen LogP contribution in [0.1, 0.15) is 45.1 Å². The van der Waals surface area contributed by atoms with Crippen molar-refractivity contribution in [3.63, 3.8) is 0 Å². The Morgan fingerprint density at radius 2 is 1.69 bits per heavy atom. The van der Waals surface area contributed by atoms with E-state index in [9.17, 15) is 4.79 Å². The topological polar surface area (TPSA) is 65.7 Å². The van der Waals surface area contributed by atoms with Gasteiger partial charge in [0.1, 0.15) is 0 Å². The third-order valence-corrected chi connectivity index (χ3v) is 5.60. The zero-order chi connectivity index (χ0) is 20.8. The van der Waals surface area contributed by atoms with Gasteiger partial charge < -0.3 is 9.42 Å². The molecule has 0 saturated carbocycles. The third kappa shape index (κ3) is 5.64. The highest BCUT2D eigenvalue weighted by atomic mass is 16.5. The molecule has 0 unspecified atom stereocenters. The van der Waals surface area contributed by atoms with Crippen molar-refractivity contribution >= 4 is 5.91 Å². The minimum Gasteiger partial charge on any atom is -0.342 e. The van der Waals surface area contributed by atoms with Crippen molar-refractivity contribution in [1.29, 1.82) is 0 Å². The molecule has 7 nitrogen and oxygen atoms in total. The Kier molecular flexibility index (Phi) is 7.39. The first kappa shape index (κ1) is 21.5. The summed E-state index contributed by atoms with van der Waals surface area (Å²) in [5, 5.41) is 4.15. The van der Waals surface area contributed by atoms with Crippen molar-refractivity contribution in [2.45, 2.75) is 40.2 Å². The van der Waals surface area contributed by atoms with Crippen molar-refractivity contribution in [2.75, 3.05) is 45.8 Å². The van der Waals surface area contributed by atoms with E-state index in [4.69, 9.17) is 4.52 Å². The van der Waals surface area contributed by atoms with Crippen LogP contribution in [0.25, 0.3) is 11.4 Å². The lowest BCUT2D eigenvalue weighted by molar-refractivity contribution is -0.132. The summed E-state index contributed by atoms with van der Waals surface area (Å²) < 4.78 is 5.47. The summed E-state index contributed by atoms with van der Waals surface area (Å²) in [5.41, 5.74) is 2.28. The van der Waals surface area contributed by atoms with Crippen LogP contribution in [0.4, 0.5) is 0 Å². The van der Waals surface area contributed by atoms with E-state index in [-0.39, 0.29) is 5.91 Å². The third-order valence-electron chi connectivity index (χ3n) is 5.60. The number of nitrogens with zero attached hydrogens (tertiary/aromatic N) is 5. The normalized spacial score (nSPS) is 15.8. The Morgan fingerprint density at radius 3 is 2.28 bits per heavy atom. The minimum atomic E-state index is 0.216. The molecule has 0 spiro atoms. The fourth-order valence-corrected chi connectivity index (χ4v) is 3.62. The standard InChI is InChI=1S/C22H33N5O2/c1-5-27(6-2)21(28)16-26-13-11-25(12-14-26)15-20-23-22(24-29-20)19-9-7-18(8-10-19)17(3)4/h7-10,17H,5-6,11-16H2,1-4H3. The molecule has 2 heterocycles. The maximum Gasteiger partial charge on any atom is 0.241 e. The first-order chi connectivity index (χ1) is 14.0. The van der Waals surface area contributed by atoms with Crippen molar-refractivity contribution in [2.24, 2.45) is 0 Å². The molecule has 1 aromatic carbocycles. The Balaban J connectivity index is 1.49. The molecule has 2 aromatic rings. The summed E-state index contributed by atoms with van der Waals surface area (Å²) in [5.74, 6) is 2.00. The average molecular weight is 400 g/mol. The lowest BCUT2D eigenvalue weighted by atomic mass is 10.0. The van der Waals surface area contributed by atoms with Crippen LogP contribution >= 0.6 is 0 Å². The molecule has 158 valence electrons. The average Bonchev–Trinajstić information content (AvgIpc) is 3.19. The van der Waals surface area contributed by atoms with Gasteiger partial charge in [-0.05, 0) is 25.3 Å². The molecule has 1 aromatic heterocycles. The zero-order valence-corrected chi connectivity index (χ0v) is 18.1. The summed E-state index contributed by atoms with van der Waals surface area (Å²) in [6.07, 6.45) is 0. The number of likely N-dealkylation sites (N-methyl/N-ethyl adjacent to an activating group) is 1. The van der Waals surface area contributed by atoms with Gasteiger partial charge >= 0.3 is 0 Å². The maximum atomic E-state index is 12.3. The molecule has 1 aliphatic heterocycles. The Hall–Kier alpha value is -2.25. The quantitative estimate of drug-likeness (QED) is 0.680. The zero-order valence-electron chi connectivity index (χ0n) is 18.1. The number of piperazine rings is 1. The van der Waals surface area contributed by atoms with E-state index < -0.39 is 0 Å². The fourth-order valence-electron chi connectivity index (χ4n) is 3.62. The number of carbonyl (C=O) groups is 1. The van der Waals surface area contributed by atoms with Crippen LogP contribution in [0, 0.1) is 0 Å². The second-order valence-electron chi connectivity index (χ2n) is 7.91. The van der Waals surface area contributed by atoms with Crippen LogP contribution in [-0.2, 0) is 11.3 Å². The van der Waals surface area contributed by atoms with Gasteiger partial charge in [-0.1, -0.05) is 43.3 Å². The van der Waals surface area contributed by atoms with Crippen LogP contribution in [0.5, 0.6) is 0 Å². The van der Waals surface area contributed by atoms with Crippen LogP contribution in [0.3, 0.4) is 0 Å². The number of hydrogen-bond donors (Lipinski definition) is 0. The van der Waals surface area contributed by atoms with E-state index in [1.54, 1.807) is 0 Å². The number of rotatable bonds is 8. The van der Waals surface area contributed by atoms with Crippen LogP contribution in [0.2, 0.25) is 0 Å². The number of benzene rings is 1. The second-order valence-corrected chi connectivity index (χ2v) is 7.91. The van der Waals surface area contributed by atoms with E-state index in [2.05, 4.69) is 58.1 Å². The highest BCUT2D eigenvalue weighted by Gasteiger charge is 2.22. The Labute approximate surface area is 173 Å². The van der Waals surface area contributed by atoms with Crippen LogP contribution in [-0.4, -0.2) is 76.6 Å². The van der Waals surface area contributed by atoms with Crippen LogP contribution in [0.15, 0.2) is 28.8 Å². The molecule has 7 heteroatoms. The van der Waals surface area contributed by atoms with E-state index >= 15 is 0 Å². The van der Waals surface area contributed by atoms with E-state index in [1.807, 2.05) is 18.7 Å². The lowest BCUT2D eigenvalue weighted by Gasteiger charge is -2.34. The molecule has 0 atom stereocenters. The molecule has 0 N–H and O–H groups in total. The van der Waals surface area contributed by atoms with Gasteiger partial charge in [0.05, 0.1) is 13.1 Å². The summed E-state index contributed by atoms with van der Waals surface area (Å²) in [6, 6.07) is 8.34. The monoisotopic (exact) mass is 399 g/mol. The maximum absolute atomic E-state index is 12.3. The van der Waals surface area contributed by atoms with Gasteiger partial charge in [0.15, 0.2) is 0 Å². The summed E-state index contributed by atoms with van der Waals surface area (Å²) in [4.78, 5) is 23.3. The molecule has 1 amide bonds. The van der Waals surface area contributed by atoms with E-state index in [0.29, 0.717) is 30.7 Å². The Bertz CT molecular complexity index is 775. The van der Waals surface area contributed by atoms with Gasteiger partial charge in [0.25, 0.3) is 0 Å². The highest BCUT2D eigenvalue weighted by Crippen LogP contribution is 2.21. The number of carbonyl (C=O) groups excluding carboxylic acids is 1. The first-order valence-corrected chi connectivity index (χ1v) is 10.7. The smallest absolute Gasteiger partial charge is 0.241 e. The molecule has 1 aliphatic rings. The molecule has 29 heavy (non-hydrogen) atoms. The van der Waals surface area contributed by atoms with E-state index in [0.717, 1.165) is 44.8 Å². The minimum absolute atomic E-state index is 0.216. The van der Waals surface area contributed by atoms with Gasteiger partial charge in [-0.3, -0.25) is 14.6 Å². The molecule has 0 aliphatic carbocycles. The van der Waals surface area contributed by atoms with Gasteiger partial charge in [-0.15, -0.1) is 0 Å². The molecule has 1 saturated heterocycles. The second kappa shape index (κ2) is 9.98. The predicted molar refractivity (Wildman–Crippen MR) is 113 cm³/mol. The first-order valence-electron chi connectivity index (χ1n) is 10.7.